The van der Waals surface area contributed by atoms with Crippen molar-refractivity contribution in [3.05, 3.63) is 87.9 Å². The lowest BCUT2D eigenvalue weighted by molar-refractivity contribution is -0.186. The number of sulfone groups is 1. The van der Waals surface area contributed by atoms with Crippen LogP contribution in [0.5, 0.6) is 0 Å². The van der Waals surface area contributed by atoms with Crippen molar-refractivity contribution in [1.82, 2.24) is 0 Å². The maximum absolute atomic E-state index is 13.9. The van der Waals surface area contributed by atoms with Crippen molar-refractivity contribution in [2.75, 3.05) is 6.26 Å². The molecule has 11 heteroatoms. The van der Waals surface area contributed by atoms with E-state index in [0.717, 1.165) is 29.0 Å². The molecule has 0 spiro atoms. The molecule has 1 atom stereocenters. The molecule has 3 aromatic rings. The second-order valence-corrected chi connectivity index (χ2v) is 10.8. The fraction of sp³-hybridized carbons (Fsp3) is 0.182. The molecule has 0 radical (unpaired) electrons. The Bertz CT molecular complexity index is 1270. The largest absolute Gasteiger partial charge is 0.390 e. The molecule has 3 rings (SSSR count). The molecule has 0 aliphatic heterocycles. The SMILES string of the molecule is CS(=O)(=O)c1cccc(-c2ccc(COCc3ccc(C(F)(F)O[PH](=O)O)c(Br)c3)cc2)c1. The van der Waals surface area contributed by atoms with E-state index in [4.69, 9.17) is 9.63 Å². The maximum atomic E-state index is 13.9. The van der Waals surface area contributed by atoms with Gasteiger partial charge < -0.3 is 9.63 Å². The van der Waals surface area contributed by atoms with Crippen molar-refractivity contribution in [3.8, 4) is 11.1 Å². The van der Waals surface area contributed by atoms with Crippen LogP contribution in [0.1, 0.15) is 16.7 Å². The Morgan fingerprint density at radius 3 is 2.21 bits per heavy atom. The summed E-state index contributed by atoms with van der Waals surface area (Å²) in [4.78, 5) is 8.88. The van der Waals surface area contributed by atoms with Crippen molar-refractivity contribution >= 4 is 34.0 Å². The first-order valence-corrected chi connectivity index (χ1v) is 13.5. The number of benzene rings is 3. The van der Waals surface area contributed by atoms with E-state index in [0.29, 0.717) is 5.56 Å². The quantitative estimate of drug-likeness (QED) is 0.338. The summed E-state index contributed by atoms with van der Waals surface area (Å²) in [6.45, 7) is 0.425. The van der Waals surface area contributed by atoms with E-state index in [-0.39, 0.29) is 22.6 Å². The molecule has 0 aliphatic rings. The van der Waals surface area contributed by atoms with Crippen LogP contribution in [0.4, 0.5) is 8.78 Å². The Morgan fingerprint density at radius 1 is 0.970 bits per heavy atom. The zero-order chi connectivity index (χ0) is 24.2. The van der Waals surface area contributed by atoms with E-state index in [2.05, 4.69) is 20.5 Å². The topological polar surface area (TPSA) is 89.9 Å². The van der Waals surface area contributed by atoms with Gasteiger partial charge in [0.2, 0.25) is 0 Å². The molecule has 0 fully saturated rings. The van der Waals surface area contributed by atoms with Crippen LogP contribution < -0.4 is 0 Å². The van der Waals surface area contributed by atoms with Crippen LogP contribution in [-0.4, -0.2) is 19.6 Å². The van der Waals surface area contributed by atoms with Gasteiger partial charge in [-0.05, 0) is 46.5 Å². The molecule has 0 amide bonds. The van der Waals surface area contributed by atoms with Gasteiger partial charge in [0.05, 0.1) is 23.7 Å². The van der Waals surface area contributed by atoms with Gasteiger partial charge in [-0.25, -0.2) is 12.9 Å². The highest BCUT2D eigenvalue weighted by molar-refractivity contribution is 9.10. The minimum absolute atomic E-state index is 0.0255. The van der Waals surface area contributed by atoms with Crippen LogP contribution in [-0.2, 0) is 43.0 Å². The molecule has 3 aromatic carbocycles. The highest BCUT2D eigenvalue weighted by atomic mass is 79.9. The first-order chi connectivity index (χ1) is 15.5. The van der Waals surface area contributed by atoms with Crippen LogP contribution >= 0.6 is 24.2 Å². The number of hydrogen-bond donors (Lipinski definition) is 1. The fourth-order valence-electron chi connectivity index (χ4n) is 3.04. The first-order valence-electron chi connectivity index (χ1n) is 9.51. The zero-order valence-electron chi connectivity index (χ0n) is 17.3. The minimum atomic E-state index is -3.90. The van der Waals surface area contributed by atoms with Crippen LogP contribution in [0.3, 0.4) is 0 Å². The van der Waals surface area contributed by atoms with Crippen molar-refractivity contribution in [2.45, 2.75) is 24.2 Å². The van der Waals surface area contributed by atoms with Gasteiger partial charge in [-0.3, -0.25) is 4.57 Å². The zero-order valence-corrected chi connectivity index (χ0v) is 20.7. The molecule has 0 saturated heterocycles. The lowest BCUT2D eigenvalue weighted by Gasteiger charge is -2.17. The normalized spacial score (nSPS) is 13.1. The number of halogens is 3. The van der Waals surface area contributed by atoms with Crippen LogP contribution in [0.25, 0.3) is 11.1 Å². The molecule has 0 aromatic heterocycles. The Morgan fingerprint density at radius 2 is 1.61 bits per heavy atom. The molecule has 1 unspecified atom stereocenters. The molecule has 6 nitrogen and oxygen atoms in total. The highest BCUT2D eigenvalue weighted by Crippen LogP contribution is 2.41. The smallest absolute Gasteiger partial charge is 0.372 e. The van der Waals surface area contributed by atoms with Gasteiger partial charge in [-0.15, -0.1) is 0 Å². The lowest BCUT2D eigenvalue weighted by atomic mass is 10.0. The van der Waals surface area contributed by atoms with Crippen LogP contribution in [0, 0.1) is 0 Å². The molecule has 33 heavy (non-hydrogen) atoms. The van der Waals surface area contributed by atoms with E-state index < -0.39 is 29.8 Å². The van der Waals surface area contributed by atoms with Gasteiger partial charge in [0, 0.05) is 10.7 Å². The Kier molecular flexibility index (Phi) is 8.21. The molecule has 0 heterocycles. The standard InChI is InChI=1S/C22H20BrF2O6PS/c1-33(28,29)19-4-2-3-18(12-19)17-8-5-15(6-9-17)13-30-14-16-7-10-20(21(23)11-16)22(24,25)31-32(26)27/h2-12,32H,13-14H2,1H3,(H,26,27). The van der Waals surface area contributed by atoms with Gasteiger partial charge in [0.1, 0.15) is 0 Å². The minimum Gasteiger partial charge on any atom is -0.372 e. The average Bonchev–Trinajstić information content (AvgIpc) is 2.73. The van der Waals surface area contributed by atoms with Crippen molar-refractivity contribution in [1.29, 1.82) is 0 Å². The first kappa shape index (κ1) is 25.7. The monoisotopic (exact) mass is 560 g/mol. The van der Waals surface area contributed by atoms with Gasteiger partial charge in [0.15, 0.2) is 9.84 Å². The van der Waals surface area contributed by atoms with Crippen molar-refractivity contribution < 1.29 is 35.9 Å². The van der Waals surface area contributed by atoms with E-state index in [1.165, 1.54) is 12.1 Å². The predicted molar refractivity (Wildman–Crippen MR) is 124 cm³/mol. The van der Waals surface area contributed by atoms with Crippen LogP contribution in [0.15, 0.2) is 76.1 Å². The predicted octanol–water partition coefficient (Wildman–Crippen LogP) is 5.68. The van der Waals surface area contributed by atoms with Gasteiger partial charge in [-0.2, -0.15) is 8.78 Å². The summed E-state index contributed by atoms with van der Waals surface area (Å²) in [6, 6.07) is 18.1. The molecule has 176 valence electrons. The third-order valence-corrected chi connectivity index (χ3v) is 6.85. The molecule has 0 saturated carbocycles. The highest BCUT2D eigenvalue weighted by Gasteiger charge is 2.37. The molecular formula is C22H20BrF2O6PS. The Balaban J connectivity index is 1.62. The maximum Gasteiger partial charge on any atom is 0.390 e. The Labute approximate surface area is 199 Å². The summed E-state index contributed by atoms with van der Waals surface area (Å²) in [5.74, 6) is 0. The number of ether oxygens (including phenoxy) is 1. The second-order valence-electron chi connectivity index (χ2n) is 7.19. The van der Waals surface area contributed by atoms with Crippen LogP contribution in [0.2, 0.25) is 0 Å². The number of alkyl halides is 2. The third-order valence-electron chi connectivity index (χ3n) is 4.65. The summed E-state index contributed by atoms with van der Waals surface area (Å²) in [5, 5.41) is 0. The fourth-order valence-corrected chi connectivity index (χ4v) is 4.69. The van der Waals surface area contributed by atoms with Crippen molar-refractivity contribution in [3.63, 3.8) is 0 Å². The molecular weight excluding hydrogens is 541 g/mol. The van der Waals surface area contributed by atoms with Crippen molar-refractivity contribution in [2.24, 2.45) is 0 Å². The van der Waals surface area contributed by atoms with Gasteiger partial charge in [-0.1, -0.05) is 58.4 Å². The number of hydrogen-bond acceptors (Lipinski definition) is 5. The molecule has 0 aliphatic carbocycles. The molecule has 1 N–H and O–H groups in total. The molecule has 0 bridgehead atoms. The van der Waals surface area contributed by atoms with E-state index in [9.17, 15) is 21.8 Å². The lowest BCUT2D eigenvalue weighted by Crippen LogP contribution is -2.15. The second kappa shape index (κ2) is 10.5. The summed E-state index contributed by atoms with van der Waals surface area (Å²) in [7, 11) is -7.11. The number of rotatable bonds is 9. The summed E-state index contributed by atoms with van der Waals surface area (Å²) < 4.78 is 71.4. The van der Waals surface area contributed by atoms with Gasteiger partial charge >= 0.3 is 14.4 Å². The third kappa shape index (κ3) is 7.02. The van der Waals surface area contributed by atoms with E-state index >= 15 is 0 Å². The van der Waals surface area contributed by atoms with Gasteiger partial charge in [0.25, 0.3) is 0 Å². The van der Waals surface area contributed by atoms with E-state index in [1.807, 2.05) is 30.3 Å². The summed E-state index contributed by atoms with van der Waals surface area (Å²) in [6.07, 6.45) is -2.73. The summed E-state index contributed by atoms with van der Waals surface area (Å²) in [5.41, 5.74) is 2.57. The Hall–Kier alpha value is -1.94. The summed E-state index contributed by atoms with van der Waals surface area (Å²) >= 11 is 3.03. The average molecular weight is 561 g/mol. The van der Waals surface area contributed by atoms with E-state index in [1.54, 1.807) is 18.2 Å².